The Morgan fingerprint density at radius 2 is 1.88 bits per heavy atom. The van der Waals surface area contributed by atoms with E-state index in [1.54, 1.807) is 0 Å². The highest BCUT2D eigenvalue weighted by atomic mass is 15.0. The SMILES string of the molecule is CC(C)NC[C@H]1CNC[C@@H]1Cc1ccccc1. The smallest absolute Gasteiger partial charge is 0.00105 e. The van der Waals surface area contributed by atoms with Crippen LogP contribution in [0, 0.1) is 11.8 Å². The van der Waals surface area contributed by atoms with Gasteiger partial charge in [0, 0.05) is 6.04 Å². The normalized spacial score (nSPS) is 24.4. The maximum absolute atomic E-state index is 3.56. The first-order valence-corrected chi connectivity index (χ1v) is 6.73. The van der Waals surface area contributed by atoms with Gasteiger partial charge in [-0.05, 0) is 43.5 Å². The summed E-state index contributed by atoms with van der Waals surface area (Å²) in [6, 6.07) is 11.4. The molecule has 0 bridgehead atoms. The molecule has 1 aliphatic heterocycles. The molecule has 2 nitrogen and oxygen atoms in total. The molecule has 2 rings (SSSR count). The van der Waals surface area contributed by atoms with Crippen LogP contribution < -0.4 is 10.6 Å². The van der Waals surface area contributed by atoms with E-state index >= 15 is 0 Å². The minimum absolute atomic E-state index is 0.591. The summed E-state index contributed by atoms with van der Waals surface area (Å²) in [7, 11) is 0. The minimum atomic E-state index is 0.591. The summed E-state index contributed by atoms with van der Waals surface area (Å²) in [5.74, 6) is 1.56. The largest absolute Gasteiger partial charge is 0.316 e. The number of nitrogens with one attached hydrogen (secondary N) is 2. The first kappa shape index (κ1) is 12.6. The Hall–Kier alpha value is -0.860. The Labute approximate surface area is 105 Å². The van der Waals surface area contributed by atoms with Crippen LogP contribution >= 0.6 is 0 Å². The summed E-state index contributed by atoms with van der Waals surface area (Å²) in [5, 5.41) is 7.09. The molecule has 0 aromatic heterocycles. The number of rotatable bonds is 5. The van der Waals surface area contributed by atoms with Crippen LogP contribution in [0.4, 0.5) is 0 Å². The molecule has 1 heterocycles. The van der Waals surface area contributed by atoms with Crippen LogP contribution in [-0.2, 0) is 6.42 Å². The van der Waals surface area contributed by atoms with E-state index in [1.807, 2.05) is 0 Å². The summed E-state index contributed by atoms with van der Waals surface area (Å²) >= 11 is 0. The van der Waals surface area contributed by atoms with Crippen molar-refractivity contribution in [1.82, 2.24) is 10.6 Å². The van der Waals surface area contributed by atoms with Crippen LogP contribution in [0.1, 0.15) is 19.4 Å². The van der Waals surface area contributed by atoms with Crippen molar-refractivity contribution in [3.63, 3.8) is 0 Å². The maximum Gasteiger partial charge on any atom is 0.00105 e. The van der Waals surface area contributed by atoms with Crippen molar-refractivity contribution in [1.29, 1.82) is 0 Å². The molecule has 1 aliphatic rings. The molecule has 0 unspecified atom stereocenters. The molecule has 1 saturated heterocycles. The second kappa shape index (κ2) is 6.18. The van der Waals surface area contributed by atoms with E-state index in [0.29, 0.717) is 6.04 Å². The van der Waals surface area contributed by atoms with Crippen LogP contribution in [0.5, 0.6) is 0 Å². The first-order chi connectivity index (χ1) is 8.25. The third-order valence-electron chi connectivity index (χ3n) is 3.61. The molecule has 0 radical (unpaired) electrons. The lowest BCUT2D eigenvalue weighted by Crippen LogP contribution is -2.32. The summed E-state index contributed by atoms with van der Waals surface area (Å²) in [5.41, 5.74) is 1.47. The molecule has 1 aromatic carbocycles. The highest BCUT2D eigenvalue weighted by molar-refractivity contribution is 5.16. The van der Waals surface area contributed by atoms with Crippen molar-refractivity contribution in [2.24, 2.45) is 11.8 Å². The van der Waals surface area contributed by atoms with E-state index in [0.717, 1.165) is 24.9 Å². The van der Waals surface area contributed by atoms with Crippen molar-refractivity contribution in [2.75, 3.05) is 19.6 Å². The van der Waals surface area contributed by atoms with Crippen molar-refractivity contribution in [3.05, 3.63) is 35.9 Å². The molecule has 2 heteroatoms. The van der Waals surface area contributed by atoms with Crippen LogP contribution in [-0.4, -0.2) is 25.7 Å². The fourth-order valence-electron chi connectivity index (χ4n) is 2.57. The third-order valence-corrected chi connectivity index (χ3v) is 3.61. The quantitative estimate of drug-likeness (QED) is 0.812. The zero-order chi connectivity index (χ0) is 12.1. The Morgan fingerprint density at radius 3 is 2.59 bits per heavy atom. The molecule has 0 spiro atoms. The van der Waals surface area contributed by atoms with Crippen LogP contribution in [0.15, 0.2) is 30.3 Å². The standard InChI is InChI=1S/C15H24N2/c1-12(2)17-11-15-10-16-9-14(15)8-13-6-4-3-5-7-13/h3-7,12,14-17H,8-11H2,1-2H3/t14-,15+/m0/s1. The zero-order valence-electron chi connectivity index (χ0n) is 10.9. The Kier molecular flexibility index (Phi) is 4.57. The molecule has 2 N–H and O–H groups in total. The topological polar surface area (TPSA) is 24.1 Å². The third kappa shape index (κ3) is 3.83. The Morgan fingerprint density at radius 1 is 1.18 bits per heavy atom. The van der Waals surface area contributed by atoms with Gasteiger partial charge in [-0.2, -0.15) is 0 Å². The van der Waals surface area contributed by atoms with E-state index < -0.39 is 0 Å². The van der Waals surface area contributed by atoms with E-state index in [9.17, 15) is 0 Å². The van der Waals surface area contributed by atoms with Crippen LogP contribution in [0.2, 0.25) is 0 Å². The van der Waals surface area contributed by atoms with Gasteiger partial charge in [-0.1, -0.05) is 44.2 Å². The number of hydrogen-bond acceptors (Lipinski definition) is 2. The van der Waals surface area contributed by atoms with E-state index in [-0.39, 0.29) is 0 Å². The van der Waals surface area contributed by atoms with Gasteiger partial charge in [0.2, 0.25) is 0 Å². The Bertz CT molecular complexity index is 321. The molecule has 17 heavy (non-hydrogen) atoms. The first-order valence-electron chi connectivity index (χ1n) is 6.73. The molecule has 1 fully saturated rings. The summed E-state index contributed by atoms with van der Waals surface area (Å²) in [6.45, 7) is 7.90. The average Bonchev–Trinajstić information content (AvgIpc) is 2.75. The van der Waals surface area contributed by atoms with Gasteiger partial charge in [-0.25, -0.2) is 0 Å². The lowest BCUT2D eigenvalue weighted by atomic mass is 9.89. The molecular weight excluding hydrogens is 208 g/mol. The minimum Gasteiger partial charge on any atom is -0.316 e. The van der Waals surface area contributed by atoms with Gasteiger partial charge in [0.1, 0.15) is 0 Å². The lowest BCUT2D eigenvalue weighted by molar-refractivity contribution is 0.379. The van der Waals surface area contributed by atoms with Gasteiger partial charge in [-0.15, -0.1) is 0 Å². The summed E-state index contributed by atoms with van der Waals surface area (Å²) in [6.07, 6.45) is 1.21. The fourth-order valence-corrected chi connectivity index (χ4v) is 2.57. The molecule has 0 aliphatic carbocycles. The summed E-state index contributed by atoms with van der Waals surface area (Å²) < 4.78 is 0. The zero-order valence-corrected chi connectivity index (χ0v) is 10.9. The predicted octanol–water partition coefficient (Wildman–Crippen LogP) is 2.06. The Balaban J connectivity index is 1.87. The van der Waals surface area contributed by atoms with Gasteiger partial charge >= 0.3 is 0 Å². The van der Waals surface area contributed by atoms with Gasteiger partial charge < -0.3 is 10.6 Å². The van der Waals surface area contributed by atoms with Crippen molar-refractivity contribution >= 4 is 0 Å². The monoisotopic (exact) mass is 232 g/mol. The van der Waals surface area contributed by atoms with Crippen LogP contribution in [0.25, 0.3) is 0 Å². The van der Waals surface area contributed by atoms with Crippen molar-refractivity contribution in [2.45, 2.75) is 26.3 Å². The van der Waals surface area contributed by atoms with Gasteiger partial charge in [0.15, 0.2) is 0 Å². The van der Waals surface area contributed by atoms with E-state index in [2.05, 4.69) is 54.8 Å². The highest BCUT2D eigenvalue weighted by Crippen LogP contribution is 2.21. The van der Waals surface area contributed by atoms with Gasteiger partial charge in [0.25, 0.3) is 0 Å². The molecule has 2 atom stereocenters. The summed E-state index contributed by atoms with van der Waals surface area (Å²) in [4.78, 5) is 0. The average molecular weight is 232 g/mol. The maximum atomic E-state index is 3.56. The van der Waals surface area contributed by atoms with Crippen molar-refractivity contribution in [3.8, 4) is 0 Å². The molecule has 1 aromatic rings. The molecular formula is C15H24N2. The highest BCUT2D eigenvalue weighted by Gasteiger charge is 2.26. The van der Waals surface area contributed by atoms with Gasteiger partial charge in [0.05, 0.1) is 0 Å². The van der Waals surface area contributed by atoms with E-state index in [4.69, 9.17) is 0 Å². The second-order valence-electron chi connectivity index (χ2n) is 5.43. The molecule has 0 saturated carbocycles. The lowest BCUT2D eigenvalue weighted by Gasteiger charge is -2.20. The predicted molar refractivity (Wildman–Crippen MR) is 73.1 cm³/mol. The molecule has 94 valence electrons. The second-order valence-corrected chi connectivity index (χ2v) is 5.43. The van der Waals surface area contributed by atoms with Crippen LogP contribution in [0.3, 0.4) is 0 Å². The molecule has 0 amide bonds. The van der Waals surface area contributed by atoms with Crippen molar-refractivity contribution < 1.29 is 0 Å². The van der Waals surface area contributed by atoms with E-state index in [1.165, 1.54) is 18.5 Å². The number of benzene rings is 1. The number of hydrogen-bond donors (Lipinski definition) is 2. The fraction of sp³-hybridized carbons (Fsp3) is 0.600. The van der Waals surface area contributed by atoms with Gasteiger partial charge in [-0.3, -0.25) is 0 Å².